The fourth-order valence-corrected chi connectivity index (χ4v) is 2.90. The third-order valence-corrected chi connectivity index (χ3v) is 4.31. The van der Waals surface area contributed by atoms with Crippen molar-refractivity contribution in [2.75, 3.05) is 0 Å². The van der Waals surface area contributed by atoms with E-state index in [1.54, 1.807) is 0 Å². The highest BCUT2D eigenvalue weighted by Crippen LogP contribution is 2.24. The van der Waals surface area contributed by atoms with E-state index in [4.69, 9.17) is 10.2 Å². The molecule has 17 heavy (non-hydrogen) atoms. The fourth-order valence-electron chi connectivity index (χ4n) is 1.15. The number of nitrogens with zero attached hydrogens (tertiary/aromatic N) is 1. The lowest BCUT2D eigenvalue weighted by Gasteiger charge is -1.92. The number of hydrogen-bond donors (Lipinski definition) is 3. The second kappa shape index (κ2) is 3.61. The zero-order valence-electron chi connectivity index (χ0n) is 8.00. The molecule has 0 saturated carbocycles. The molecule has 0 aromatic carbocycles. The summed E-state index contributed by atoms with van der Waals surface area (Å²) in [5.41, 5.74) is -0.724. The van der Waals surface area contributed by atoms with Gasteiger partial charge in [0.25, 0.3) is 5.56 Å². The van der Waals surface area contributed by atoms with Gasteiger partial charge < -0.3 is 10.1 Å². The van der Waals surface area contributed by atoms with Crippen molar-refractivity contribution in [2.45, 2.75) is 4.21 Å². The molecule has 0 spiro atoms. The standard InChI is InChI=1S/C7H5N3O5S2/c8-17(14,15)3-1-2-5(11)9-4(7(12)13)10-6(2)16-3/h1H,(H,12,13)(H2,8,14,15)(H,9,10,11). The molecular formula is C7H5N3O5S2. The van der Waals surface area contributed by atoms with Crippen LogP contribution >= 0.6 is 11.3 Å². The zero-order valence-corrected chi connectivity index (χ0v) is 9.63. The van der Waals surface area contributed by atoms with Gasteiger partial charge in [0.15, 0.2) is 0 Å². The second-order valence-electron chi connectivity index (χ2n) is 3.05. The van der Waals surface area contributed by atoms with Crippen molar-refractivity contribution < 1.29 is 18.3 Å². The Hall–Kier alpha value is -1.78. The first kappa shape index (κ1) is 11.7. The minimum absolute atomic E-state index is 0.00942. The van der Waals surface area contributed by atoms with Crippen LogP contribution in [0.2, 0.25) is 0 Å². The van der Waals surface area contributed by atoms with Crippen LogP contribution in [-0.4, -0.2) is 29.5 Å². The number of H-pyrrole nitrogens is 1. The molecule has 0 unspecified atom stereocenters. The topological polar surface area (TPSA) is 143 Å². The first-order valence-electron chi connectivity index (χ1n) is 4.09. The number of carboxylic acids is 1. The predicted molar refractivity (Wildman–Crippen MR) is 58.6 cm³/mol. The third-order valence-electron chi connectivity index (χ3n) is 1.86. The number of aromatic carboxylic acids is 1. The van der Waals surface area contributed by atoms with Gasteiger partial charge in [-0.05, 0) is 6.07 Å². The van der Waals surface area contributed by atoms with Gasteiger partial charge in [0.2, 0.25) is 15.8 Å². The molecule has 0 fully saturated rings. The van der Waals surface area contributed by atoms with Crippen LogP contribution in [0.1, 0.15) is 10.6 Å². The van der Waals surface area contributed by atoms with Crippen LogP contribution in [0.4, 0.5) is 0 Å². The van der Waals surface area contributed by atoms with Gasteiger partial charge in [0, 0.05) is 0 Å². The minimum atomic E-state index is -3.94. The Balaban J connectivity index is 2.83. The van der Waals surface area contributed by atoms with Crippen molar-refractivity contribution in [1.29, 1.82) is 0 Å². The molecule has 8 nitrogen and oxygen atoms in total. The third kappa shape index (κ3) is 2.05. The summed E-state index contributed by atoms with van der Waals surface area (Å²) in [6.07, 6.45) is 0. The summed E-state index contributed by atoms with van der Waals surface area (Å²) in [7, 11) is -3.94. The summed E-state index contributed by atoms with van der Waals surface area (Å²) >= 11 is 0.643. The summed E-state index contributed by atoms with van der Waals surface area (Å²) in [4.78, 5) is 27.7. The Morgan fingerprint density at radius 3 is 2.71 bits per heavy atom. The zero-order chi connectivity index (χ0) is 12.8. The monoisotopic (exact) mass is 275 g/mol. The lowest BCUT2D eigenvalue weighted by molar-refractivity contribution is 0.0683. The maximum atomic E-state index is 11.5. The first-order chi connectivity index (χ1) is 7.79. The SMILES string of the molecule is NS(=O)(=O)c1cc2c(=O)[nH]c(C(=O)O)nc2s1. The van der Waals surface area contributed by atoms with E-state index in [0.29, 0.717) is 11.3 Å². The molecule has 90 valence electrons. The number of aromatic amines is 1. The van der Waals surface area contributed by atoms with E-state index in [9.17, 15) is 18.0 Å². The molecule has 4 N–H and O–H groups in total. The Labute approximate surface area is 97.8 Å². The summed E-state index contributed by atoms with van der Waals surface area (Å²) in [6, 6.07) is 1.06. The number of nitrogens with one attached hydrogen (secondary N) is 1. The molecule has 2 aromatic rings. The number of fused-ring (bicyclic) bond motifs is 1. The number of carboxylic acid groups (broad SMARTS) is 1. The number of thiophene rings is 1. The van der Waals surface area contributed by atoms with Gasteiger partial charge in [0.1, 0.15) is 9.04 Å². The summed E-state index contributed by atoms with van der Waals surface area (Å²) in [6.45, 7) is 0. The lowest BCUT2D eigenvalue weighted by atomic mass is 10.4. The maximum Gasteiger partial charge on any atom is 0.372 e. The van der Waals surface area contributed by atoms with Gasteiger partial charge in [0.05, 0.1) is 5.39 Å². The number of sulfonamides is 1. The van der Waals surface area contributed by atoms with Gasteiger partial charge in [-0.15, -0.1) is 11.3 Å². The minimum Gasteiger partial charge on any atom is -0.475 e. The van der Waals surface area contributed by atoms with E-state index in [-0.39, 0.29) is 14.4 Å². The normalized spacial score (nSPS) is 11.8. The van der Waals surface area contributed by atoms with E-state index in [1.807, 2.05) is 4.98 Å². The Kier molecular flexibility index (Phi) is 2.49. The molecule has 0 bridgehead atoms. The van der Waals surface area contributed by atoms with Crippen LogP contribution in [0, 0.1) is 0 Å². The van der Waals surface area contributed by atoms with Crippen LogP contribution in [0.25, 0.3) is 10.2 Å². The molecule has 2 aromatic heterocycles. The van der Waals surface area contributed by atoms with E-state index >= 15 is 0 Å². The average molecular weight is 275 g/mol. The number of nitrogens with two attached hydrogens (primary N) is 1. The van der Waals surface area contributed by atoms with Crippen LogP contribution in [0.15, 0.2) is 15.1 Å². The molecule has 0 atom stereocenters. The van der Waals surface area contributed by atoms with Gasteiger partial charge in [-0.1, -0.05) is 0 Å². The number of rotatable bonds is 2. The molecule has 0 radical (unpaired) electrons. The van der Waals surface area contributed by atoms with Gasteiger partial charge in [-0.3, -0.25) is 4.79 Å². The highest BCUT2D eigenvalue weighted by molar-refractivity contribution is 7.91. The van der Waals surface area contributed by atoms with E-state index in [0.717, 1.165) is 6.07 Å². The first-order valence-corrected chi connectivity index (χ1v) is 6.45. The molecule has 0 saturated heterocycles. The van der Waals surface area contributed by atoms with Crippen molar-refractivity contribution >= 4 is 37.5 Å². The van der Waals surface area contributed by atoms with Crippen LogP contribution in [0.5, 0.6) is 0 Å². The molecule has 0 amide bonds. The number of primary sulfonamides is 1. The highest BCUT2D eigenvalue weighted by atomic mass is 32.2. The number of aromatic nitrogens is 2. The second-order valence-corrected chi connectivity index (χ2v) is 5.87. The van der Waals surface area contributed by atoms with Crippen molar-refractivity contribution in [1.82, 2.24) is 9.97 Å². The van der Waals surface area contributed by atoms with Crippen LogP contribution in [-0.2, 0) is 10.0 Å². The number of carbonyl (C=O) groups is 1. The van der Waals surface area contributed by atoms with Crippen LogP contribution in [0.3, 0.4) is 0 Å². The Morgan fingerprint density at radius 1 is 1.53 bits per heavy atom. The quantitative estimate of drug-likeness (QED) is 0.663. The number of hydrogen-bond acceptors (Lipinski definition) is 6. The predicted octanol–water partition coefficient (Wildman–Crippen LogP) is -0.670. The Bertz CT molecular complexity index is 772. The molecule has 0 aliphatic carbocycles. The van der Waals surface area contributed by atoms with E-state index in [1.165, 1.54) is 0 Å². The smallest absolute Gasteiger partial charge is 0.372 e. The largest absolute Gasteiger partial charge is 0.475 e. The van der Waals surface area contributed by atoms with Gasteiger partial charge in [-0.25, -0.2) is 23.3 Å². The summed E-state index contributed by atoms with van der Waals surface area (Å²) in [5, 5.41) is 13.5. The summed E-state index contributed by atoms with van der Waals surface area (Å²) < 4.78 is 21.9. The fraction of sp³-hybridized carbons (Fsp3) is 0. The molecular weight excluding hydrogens is 270 g/mol. The lowest BCUT2D eigenvalue weighted by Crippen LogP contribution is -2.14. The molecule has 2 rings (SSSR count). The van der Waals surface area contributed by atoms with Gasteiger partial charge >= 0.3 is 5.97 Å². The van der Waals surface area contributed by atoms with Crippen molar-refractivity contribution in [3.8, 4) is 0 Å². The average Bonchev–Trinajstić information content (AvgIpc) is 2.60. The molecule has 2 heterocycles. The summed E-state index contributed by atoms with van der Waals surface area (Å²) in [5.74, 6) is -1.96. The maximum absolute atomic E-state index is 11.5. The molecule has 10 heteroatoms. The van der Waals surface area contributed by atoms with Crippen molar-refractivity contribution in [3.63, 3.8) is 0 Å². The Morgan fingerprint density at radius 2 is 2.18 bits per heavy atom. The van der Waals surface area contributed by atoms with Gasteiger partial charge in [-0.2, -0.15) is 0 Å². The highest BCUT2D eigenvalue weighted by Gasteiger charge is 2.17. The molecule has 0 aliphatic heterocycles. The van der Waals surface area contributed by atoms with Crippen molar-refractivity contribution in [2.24, 2.45) is 5.14 Å². The van der Waals surface area contributed by atoms with E-state index in [2.05, 4.69) is 4.98 Å². The molecule has 0 aliphatic rings. The van der Waals surface area contributed by atoms with E-state index < -0.39 is 27.4 Å². The van der Waals surface area contributed by atoms with Crippen LogP contribution < -0.4 is 10.7 Å². The van der Waals surface area contributed by atoms with Crippen molar-refractivity contribution in [3.05, 3.63) is 22.2 Å².